The Labute approximate surface area is 321 Å². The molecule has 0 aliphatic heterocycles. The van der Waals surface area contributed by atoms with Crippen molar-refractivity contribution >= 4 is 64.0 Å². The highest BCUT2D eigenvalue weighted by molar-refractivity contribution is 7.26. The van der Waals surface area contributed by atoms with E-state index in [4.69, 9.17) is 19.9 Å². The molecule has 4 aromatic heterocycles. The van der Waals surface area contributed by atoms with E-state index < -0.39 is 0 Å². The molecule has 0 N–H and O–H groups in total. The zero-order chi connectivity index (χ0) is 36.3. The summed E-state index contributed by atoms with van der Waals surface area (Å²) in [6.45, 7) is 0. The van der Waals surface area contributed by atoms with E-state index in [1.807, 2.05) is 53.9 Å². The molecule has 0 unspecified atom stereocenters. The molecule has 0 bridgehead atoms. The Morgan fingerprint density at radius 3 is 1.82 bits per heavy atom. The van der Waals surface area contributed by atoms with Crippen molar-refractivity contribution < 1.29 is 0 Å². The Bertz CT molecular complexity index is 3180. The van der Waals surface area contributed by atoms with Gasteiger partial charge in [0, 0.05) is 64.6 Å². The Kier molecular flexibility index (Phi) is 7.32. The van der Waals surface area contributed by atoms with Crippen molar-refractivity contribution in [3.63, 3.8) is 0 Å². The largest absolute Gasteiger partial charge is 0.254 e. The lowest BCUT2D eigenvalue weighted by molar-refractivity contribution is 1.18. The minimum atomic E-state index is 0.709. The SMILES string of the molecule is c1ccc(-c2cc(-c3ccc(-c4ccc5nc(-c6nccc7ccccc67)c6ccc7sc8ccccc8c7c6c5c4)cc3)nc(-c3ccccc3)n2)cc1. The predicted molar refractivity (Wildman–Crippen MR) is 230 cm³/mol. The molecule has 5 heteroatoms. The average molecular weight is 719 g/mol. The van der Waals surface area contributed by atoms with Gasteiger partial charge in [0.2, 0.25) is 0 Å². The van der Waals surface area contributed by atoms with Gasteiger partial charge in [0.1, 0.15) is 0 Å². The quantitative estimate of drug-likeness (QED) is 0.166. The molecule has 0 fully saturated rings. The summed E-state index contributed by atoms with van der Waals surface area (Å²) >= 11 is 1.84. The van der Waals surface area contributed by atoms with Gasteiger partial charge in [-0.25, -0.2) is 15.0 Å². The van der Waals surface area contributed by atoms with Gasteiger partial charge in [-0.2, -0.15) is 0 Å². The Morgan fingerprint density at radius 2 is 1.02 bits per heavy atom. The molecule has 0 saturated carbocycles. The number of rotatable bonds is 5. The number of benzene rings is 7. The fraction of sp³-hybridized carbons (Fsp3) is 0. The van der Waals surface area contributed by atoms with Crippen LogP contribution < -0.4 is 0 Å². The molecular formula is C50H30N4S. The first kappa shape index (κ1) is 31.4. The number of hydrogen-bond donors (Lipinski definition) is 0. The van der Waals surface area contributed by atoms with E-state index in [1.165, 1.54) is 25.6 Å². The van der Waals surface area contributed by atoms with E-state index in [1.54, 1.807) is 0 Å². The molecule has 0 radical (unpaired) electrons. The number of aromatic nitrogens is 4. The average Bonchev–Trinajstić information content (AvgIpc) is 3.65. The van der Waals surface area contributed by atoms with Gasteiger partial charge in [-0.05, 0) is 52.9 Å². The van der Waals surface area contributed by atoms with Crippen molar-refractivity contribution in [2.45, 2.75) is 0 Å². The third kappa shape index (κ3) is 5.36. The highest BCUT2D eigenvalue weighted by atomic mass is 32.1. The maximum atomic E-state index is 5.38. The van der Waals surface area contributed by atoms with Crippen LogP contribution in [0.2, 0.25) is 0 Å². The van der Waals surface area contributed by atoms with Crippen LogP contribution in [0.4, 0.5) is 0 Å². The van der Waals surface area contributed by atoms with Gasteiger partial charge in [-0.15, -0.1) is 11.3 Å². The highest BCUT2D eigenvalue weighted by Gasteiger charge is 2.19. The molecule has 11 rings (SSSR count). The molecule has 11 aromatic rings. The molecule has 0 aliphatic rings. The number of hydrogen-bond acceptors (Lipinski definition) is 5. The van der Waals surface area contributed by atoms with Gasteiger partial charge < -0.3 is 0 Å². The van der Waals surface area contributed by atoms with Crippen LogP contribution in [0.3, 0.4) is 0 Å². The lowest BCUT2D eigenvalue weighted by Gasteiger charge is -2.14. The zero-order valence-electron chi connectivity index (χ0n) is 29.5. The standard InChI is InChI=1S/C50H30N4S/c1-3-12-33(13-4-1)42-30-43(54-50(53-42)35-14-5-2-6-15-35)34-21-19-31(20-22-34)36-23-25-41-40(29-36)46-39(24-26-45-47(46)38-17-9-10-18-44(38)55-45)49(52-41)48-37-16-8-7-11-32(37)27-28-51-48/h1-30H. The van der Waals surface area contributed by atoms with Gasteiger partial charge in [0.15, 0.2) is 5.82 Å². The Hall–Kier alpha value is -7.08. The Morgan fingerprint density at radius 1 is 0.364 bits per heavy atom. The second-order valence-corrected chi connectivity index (χ2v) is 14.9. The smallest absolute Gasteiger partial charge is 0.160 e. The molecule has 0 spiro atoms. The van der Waals surface area contributed by atoms with Crippen LogP contribution in [-0.4, -0.2) is 19.9 Å². The molecule has 0 saturated heterocycles. The summed E-state index contributed by atoms with van der Waals surface area (Å²) in [7, 11) is 0. The molecule has 0 atom stereocenters. The van der Waals surface area contributed by atoms with Gasteiger partial charge in [0.05, 0.1) is 28.3 Å². The summed E-state index contributed by atoms with van der Waals surface area (Å²) in [5.41, 5.74) is 9.87. The maximum absolute atomic E-state index is 5.38. The van der Waals surface area contributed by atoms with Gasteiger partial charge >= 0.3 is 0 Å². The molecule has 4 nitrogen and oxygen atoms in total. The molecule has 0 amide bonds. The van der Waals surface area contributed by atoms with Crippen molar-refractivity contribution in [2.24, 2.45) is 0 Å². The first-order chi connectivity index (χ1) is 27.2. The molecule has 4 heterocycles. The van der Waals surface area contributed by atoms with Crippen LogP contribution in [0.1, 0.15) is 0 Å². The van der Waals surface area contributed by atoms with Crippen LogP contribution in [0, 0.1) is 0 Å². The summed E-state index contributed by atoms with van der Waals surface area (Å²) < 4.78 is 2.55. The molecule has 55 heavy (non-hydrogen) atoms. The van der Waals surface area contributed by atoms with Crippen LogP contribution in [0.25, 0.3) is 109 Å². The minimum absolute atomic E-state index is 0.709. The fourth-order valence-corrected chi connectivity index (χ4v) is 8.99. The van der Waals surface area contributed by atoms with Gasteiger partial charge in [0.25, 0.3) is 0 Å². The van der Waals surface area contributed by atoms with Crippen LogP contribution >= 0.6 is 11.3 Å². The monoisotopic (exact) mass is 718 g/mol. The van der Waals surface area contributed by atoms with Crippen LogP contribution in [-0.2, 0) is 0 Å². The van der Waals surface area contributed by atoms with Crippen LogP contribution in [0.15, 0.2) is 182 Å². The maximum Gasteiger partial charge on any atom is 0.160 e. The van der Waals surface area contributed by atoms with E-state index in [0.717, 1.165) is 77.7 Å². The number of nitrogens with zero attached hydrogens (tertiary/aromatic N) is 4. The highest BCUT2D eigenvalue weighted by Crippen LogP contribution is 2.44. The van der Waals surface area contributed by atoms with Crippen molar-refractivity contribution in [3.05, 3.63) is 182 Å². The summed E-state index contributed by atoms with van der Waals surface area (Å²) in [6, 6.07) is 61.7. The second-order valence-electron chi connectivity index (χ2n) is 13.8. The summed E-state index contributed by atoms with van der Waals surface area (Å²) in [5, 5.41) is 8.23. The third-order valence-electron chi connectivity index (χ3n) is 10.5. The summed E-state index contributed by atoms with van der Waals surface area (Å²) in [6.07, 6.45) is 1.90. The Balaban J connectivity index is 1.09. The predicted octanol–water partition coefficient (Wildman–Crippen LogP) is 13.4. The molecule has 0 aliphatic carbocycles. The van der Waals surface area contributed by atoms with E-state index in [-0.39, 0.29) is 0 Å². The van der Waals surface area contributed by atoms with E-state index in [2.05, 4.69) is 140 Å². The zero-order valence-corrected chi connectivity index (χ0v) is 30.3. The number of pyridine rings is 2. The first-order valence-corrected chi connectivity index (χ1v) is 19.2. The van der Waals surface area contributed by atoms with E-state index in [9.17, 15) is 0 Å². The van der Waals surface area contributed by atoms with Crippen molar-refractivity contribution in [2.75, 3.05) is 0 Å². The van der Waals surface area contributed by atoms with Gasteiger partial charge in [-0.3, -0.25) is 4.98 Å². The minimum Gasteiger partial charge on any atom is -0.254 e. The van der Waals surface area contributed by atoms with E-state index >= 15 is 0 Å². The summed E-state index contributed by atoms with van der Waals surface area (Å²) in [4.78, 5) is 20.3. The van der Waals surface area contributed by atoms with Crippen molar-refractivity contribution in [1.29, 1.82) is 0 Å². The molecule has 7 aromatic carbocycles. The van der Waals surface area contributed by atoms with Crippen LogP contribution in [0.5, 0.6) is 0 Å². The molecule has 256 valence electrons. The van der Waals surface area contributed by atoms with Crippen molar-refractivity contribution in [3.8, 4) is 56.4 Å². The lowest BCUT2D eigenvalue weighted by atomic mass is 9.94. The van der Waals surface area contributed by atoms with E-state index in [0.29, 0.717) is 5.82 Å². The number of thiophene rings is 1. The van der Waals surface area contributed by atoms with Gasteiger partial charge in [-0.1, -0.05) is 140 Å². The third-order valence-corrected chi connectivity index (χ3v) is 11.7. The van der Waals surface area contributed by atoms with Crippen molar-refractivity contribution in [1.82, 2.24) is 19.9 Å². The lowest BCUT2D eigenvalue weighted by Crippen LogP contribution is -1.96. The fourth-order valence-electron chi connectivity index (χ4n) is 7.88. The second kappa shape index (κ2) is 12.8. The normalized spacial score (nSPS) is 11.6. The topological polar surface area (TPSA) is 51.6 Å². The first-order valence-electron chi connectivity index (χ1n) is 18.4. The molecular weight excluding hydrogens is 689 g/mol. The number of fused-ring (bicyclic) bond motifs is 8. The summed E-state index contributed by atoms with van der Waals surface area (Å²) in [5.74, 6) is 0.709.